The van der Waals surface area contributed by atoms with Crippen molar-refractivity contribution >= 4 is 38.8 Å². The average molecular weight is 450 g/mol. The maximum atomic E-state index is 13.0. The Hall–Kier alpha value is -2.84. The van der Waals surface area contributed by atoms with Crippen LogP contribution in [0.1, 0.15) is 33.6 Å². The SMILES string of the molecule is Cc1cnc2sc(C(=O)N[C@@H]3COc4cc(N5CC6CCC(C5)N6)ccc4C3)c(N)c2c1. The van der Waals surface area contributed by atoms with Gasteiger partial charge >= 0.3 is 0 Å². The fourth-order valence-corrected chi connectivity index (χ4v) is 6.13. The summed E-state index contributed by atoms with van der Waals surface area (Å²) in [6, 6.07) is 9.59. The molecular weight excluding hydrogens is 422 g/mol. The number of nitrogens with zero attached hydrogens (tertiary/aromatic N) is 2. The number of benzene rings is 1. The third-order valence-electron chi connectivity index (χ3n) is 6.80. The molecule has 6 rings (SSSR count). The largest absolute Gasteiger partial charge is 0.491 e. The van der Waals surface area contributed by atoms with Gasteiger partial charge in [-0.15, -0.1) is 11.3 Å². The summed E-state index contributed by atoms with van der Waals surface area (Å²) in [6.07, 6.45) is 5.08. The van der Waals surface area contributed by atoms with E-state index < -0.39 is 0 Å². The van der Waals surface area contributed by atoms with Crippen LogP contribution in [0.5, 0.6) is 5.75 Å². The zero-order valence-corrected chi connectivity index (χ0v) is 18.9. The smallest absolute Gasteiger partial charge is 0.263 e. The summed E-state index contributed by atoms with van der Waals surface area (Å²) in [6.45, 7) is 4.53. The van der Waals surface area contributed by atoms with E-state index in [1.165, 1.54) is 29.9 Å². The minimum absolute atomic E-state index is 0.0878. The number of aromatic nitrogens is 1. The van der Waals surface area contributed by atoms with Crippen molar-refractivity contribution in [3.8, 4) is 5.75 Å². The van der Waals surface area contributed by atoms with Crippen LogP contribution in [-0.2, 0) is 6.42 Å². The van der Waals surface area contributed by atoms with Crippen LogP contribution in [0.25, 0.3) is 10.2 Å². The lowest BCUT2D eigenvalue weighted by molar-refractivity contribution is 0.0920. The number of nitrogens with two attached hydrogens (primary N) is 1. The number of nitrogens with one attached hydrogen (secondary N) is 2. The van der Waals surface area contributed by atoms with Crippen LogP contribution in [0.3, 0.4) is 0 Å². The number of fused-ring (bicyclic) bond motifs is 4. The number of ether oxygens (including phenoxy) is 1. The molecule has 2 aromatic heterocycles. The molecule has 1 aromatic carbocycles. The van der Waals surface area contributed by atoms with Crippen molar-refractivity contribution < 1.29 is 9.53 Å². The third kappa shape index (κ3) is 3.47. The summed E-state index contributed by atoms with van der Waals surface area (Å²) in [5.41, 5.74) is 10.2. The van der Waals surface area contributed by atoms with E-state index in [4.69, 9.17) is 10.5 Å². The molecule has 166 valence electrons. The van der Waals surface area contributed by atoms with Gasteiger partial charge in [0.05, 0.1) is 11.7 Å². The van der Waals surface area contributed by atoms with Crippen LogP contribution in [0.15, 0.2) is 30.5 Å². The van der Waals surface area contributed by atoms with Gasteiger partial charge in [0.2, 0.25) is 0 Å². The molecule has 2 bridgehead atoms. The molecule has 4 N–H and O–H groups in total. The fourth-order valence-electron chi connectivity index (χ4n) is 5.18. The van der Waals surface area contributed by atoms with Crippen molar-refractivity contribution in [1.82, 2.24) is 15.6 Å². The number of anilines is 2. The Labute approximate surface area is 191 Å². The van der Waals surface area contributed by atoms with Gasteiger partial charge in [-0.2, -0.15) is 0 Å². The van der Waals surface area contributed by atoms with Gasteiger partial charge < -0.3 is 26.0 Å². The first-order chi connectivity index (χ1) is 15.5. The summed E-state index contributed by atoms with van der Waals surface area (Å²) >= 11 is 1.34. The van der Waals surface area contributed by atoms with E-state index in [2.05, 4.69) is 38.7 Å². The van der Waals surface area contributed by atoms with Crippen molar-refractivity contribution in [2.45, 2.75) is 44.3 Å². The van der Waals surface area contributed by atoms with E-state index in [1.807, 2.05) is 13.0 Å². The molecule has 2 saturated heterocycles. The molecule has 7 nitrogen and oxygen atoms in total. The van der Waals surface area contributed by atoms with Crippen molar-refractivity contribution in [3.63, 3.8) is 0 Å². The number of rotatable bonds is 3. The average Bonchev–Trinajstić information content (AvgIpc) is 3.31. The highest BCUT2D eigenvalue weighted by Crippen LogP contribution is 2.34. The van der Waals surface area contributed by atoms with Gasteiger partial charge in [-0.3, -0.25) is 4.79 Å². The lowest BCUT2D eigenvalue weighted by Crippen LogP contribution is -2.51. The first-order valence-electron chi connectivity index (χ1n) is 11.3. The number of amides is 1. The Morgan fingerprint density at radius 3 is 2.91 bits per heavy atom. The molecule has 0 radical (unpaired) electrons. The summed E-state index contributed by atoms with van der Waals surface area (Å²) in [7, 11) is 0. The standard InChI is InChI=1S/C24H27N5O2S/c1-13-6-19-21(25)22(32-24(19)26-9-13)23(30)28-17-7-14-2-5-18(8-20(14)31-12-17)29-10-15-3-4-16(11-29)27-15/h2,5-6,8-9,15-17,27H,3-4,7,10-12,25H2,1H3,(H,28,30)/t15?,16?,17-/m0/s1. The minimum Gasteiger partial charge on any atom is -0.491 e. The second-order valence-corrected chi connectivity index (χ2v) is 10.2. The van der Waals surface area contributed by atoms with Gasteiger partial charge in [0, 0.05) is 48.5 Å². The van der Waals surface area contributed by atoms with Crippen molar-refractivity contribution in [1.29, 1.82) is 0 Å². The number of thiophene rings is 1. The molecule has 0 spiro atoms. The van der Waals surface area contributed by atoms with E-state index >= 15 is 0 Å². The lowest BCUT2D eigenvalue weighted by Gasteiger charge is -2.35. The van der Waals surface area contributed by atoms with E-state index in [0.717, 1.165) is 46.6 Å². The number of hydrogen-bond acceptors (Lipinski definition) is 7. The monoisotopic (exact) mass is 449 g/mol. The molecule has 0 saturated carbocycles. The quantitative estimate of drug-likeness (QED) is 0.570. The molecule has 32 heavy (non-hydrogen) atoms. The summed E-state index contributed by atoms with van der Waals surface area (Å²) < 4.78 is 6.08. The van der Waals surface area contributed by atoms with Crippen molar-refractivity contribution in [3.05, 3.63) is 46.5 Å². The van der Waals surface area contributed by atoms with Gasteiger partial charge in [0.15, 0.2) is 0 Å². The maximum absolute atomic E-state index is 13.0. The Bertz CT molecular complexity index is 1200. The highest BCUT2D eigenvalue weighted by Gasteiger charge is 2.33. The van der Waals surface area contributed by atoms with Crippen LogP contribution in [0.4, 0.5) is 11.4 Å². The molecule has 3 aliphatic heterocycles. The predicted molar refractivity (Wildman–Crippen MR) is 128 cm³/mol. The summed E-state index contributed by atoms with van der Waals surface area (Å²) in [5.74, 6) is 0.771. The molecule has 5 heterocycles. The molecule has 3 atom stereocenters. The topological polar surface area (TPSA) is 92.5 Å². The predicted octanol–water partition coefficient (Wildman–Crippen LogP) is 2.86. The molecule has 8 heteroatoms. The number of nitrogen functional groups attached to an aromatic ring is 1. The zero-order valence-electron chi connectivity index (χ0n) is 18.1. The number of carbonyl (C=O) groups is 1. The van der Waals surface area contributed by atoms with Gasteiger partial charge in [0.25, 0.3) is 5.91 Å². The molecule has 1 amide bonds. The maximum Gasteiger partial charge on any atom is 0.263 e. The molecule has 3 aliphatic rings. The Kier molecular flexibility index (Phi) is 4.73. The second kappa shape index (κ2) is 7.64. The first kappa shape index (κ1) is 19.8. The van der Waals surface area contributed by atoms with Crippen LogP contribution in [-0.4, -0.2) is 48.7 Å². The van der Waals surface area contributed by atoms with Gasteiger partial charge in [0.1, 0.15) is 22.1 Å². The van der Waals surface area contributed by atoms with Crippen LogP contribution in [0.2, 0.25) is 0 Å². The summed E-state index contributed by atoms with van der Waals surface area (Å²) in [4.78, 5) is 21.1. The molecule has 0 aliphatic carbocycles. The minimum atomic E-state index is -0.159. The molecule has 3 aromatic rings. The van der Waals surface area contributed by atoms with Crippen molar-refractivity contribution in [2.75, 3.05) is 30.3 Å². The van der Waals surface area contributed by atoms with Crippen molar-refractivity contribution in [2.24, 2.45) is 0 Å². The highest BCUT2D eigenvalue weighted by atomic mass is 32.1. The van der Waals surface area contributed by atoms with Gasteiger partial charge in [-0.25, -0.2) is 4.98 Å². The molecule has 2 unspecified atom stereocenters. The normalized spacial score (nSPS) is 24.3. The number of piperazine rings is 1. The van der Waals surface area contributed by atoms with E-state index in [1.54, 1.807) is 6.20 Å². The second-order valence-electron chi connectivity index (χ2n) is 9.23. The number of carbonyl (C=O) groups excluding carboxylic acids is 1. The molecular formula is C24H27N5O2S. The number of aryl methyl sites for hydroxylation is 1. The van der Waals surface area contributed by atoms with Gasteiger partial charge in [-0.1, -0.05) is 6.07 Å². The highest BCUT2D eigenvalue weighted by molar-refractivity contribution is 7.21. The van der Waals surface area contributed by atoms with Crippen LogP contribution < -0.4 is 26.0 Å². The third-order valence-corrected chi connectivity index (χ3v) is 7.93. The van der Waals surface area contributed by atoms with E-state index in [9.17, 15) is 4.79 Å². The Morgan fingerprint density at radius 1 is 1.28 bits per heavy atom. The first-order valence-corrected chi connectivity index (χ1v) is 12.1. The lowest BCUT2D eigenvalue weighted by atomic mass is 10.0. The van der Waals surface area contributed by atoms with Crippen LogP contribution >= 0.6 is 11.3 Å². The fraction of sp³-hybridized carbons (Fsp3) is 0.417. The zero-order chi connectivity index (χ0) is 21.8. The number of pyridine rings is 1. The Morgan fingerprint density at radius 2 is 2.09 bits per heavy atom. The van der Waals surface area contributed by atoms with E-state index in [0.29, 0.717) is 29.3 Å². The van der Waals surface area contributed by atoms with E-state index in [-0.39, 0.29) is 11.9 Å². The summed E-state index contributed by atoms with van der Waals surface area (Å²) in [5, 5.41) is 7.64. The number of hydrogen-bond donors (Lipinski definition) is 3. The molecule has 2 fully saturated rings. The van der Waals surface area contributed by atoms with Crippen LogP contribution in [0, 0.1) is 6.92 Å². The van der Waals surface area contributed by atoms with Gasteiger partial charge in [-0.05, 0) is 49.4 Å². The Balaban J connectivity index is 1.16.